The maximum absolute atomic E-state index is 13.7. The second kappa shape index (κ2) is 4.83. The number of hydrogen-bond donors (Lipinski definition) is 0. The van der Waals surface area contributed by atoms with Gasteiger partial charge in [-0.1, -0.05) is 18.2 Å². The first-order valence-corrected chi connectivity index (χ1v) is 5.70. The van der Waals surface area contributed by atoms with Gasteiger partial charge in [0, 0.05) is 19.3 Å². The van der Waals surface area contributed by atoms with Gasteiger partial charge >= 0.3 is 0 Å². The van der Waals surface area contributed by atoms with Gasteiger partial charge < -0.3 is 9.64 Å². The standard InChI is InChI=1S/C13H18FNO/c1-10-5-3-4-6-12(10)15(2)13-7-8-16-9-11(13)14/h3-6,11,13H,7-9H2,1-2H3. The van der Waals surface area contributed by atoms with Crippen molar-refractivity contribution in [1.82, 2.24) is 0 Å². The number of rotatable bonds is 2. The molecule has 1 fully saturated rings. The average Bonchev–Trinajstić information content (AvgIpc) is 2.29. The van der Waals surface area contributed by atoms with Crippen LogP contribution in [0.15, 0.2) is 24.3 Å². The molecule has 0 aromatic heterocycles. The van der Waals surface area contributed by atoms with Gasteiger partial charge in [0.2, 0.25) is 0 Å². The molecule has 0 spiro atoms. The van der Waals surface area contributed by atoms with E-state index in [1.54, 1.807) is 0 Å². The van der Waals surface area contributed by atoms with Gasteiger partial charge in [-0.3, -0.25) is 0 Å². The van der Waals surface area contributed by atoms with Gasteiger partial charge in [0.05, 0.1) is 12.6 Å². The number of benzene rings is 1. The molecule has 0 amide bonds. The molecular formula is C13H18FNO. The maximum atomic E-state index is 13.7. The summed E-state index contributed by atoms with van der Waals surface area (Å²) in [5.41, 5.74) is 2.29. The molecule has 1 saturated heterocycles. The molecular weight excluding hydrogens is 205 g/mol. The number of halogens is 1. The molecule has 1 aliphatic heterocycles. The number of aryl methyl sites for hydroxylation is 1. The molecule has 0 bridgehead atoms. The van der Waals surface area contributed by atoms with Crippen molar-refractivity contribution < 1.29 is 9.13 Å². The molecule has 1 aromatic rings. The zero-order chi connectivity index (χ0) is 11.5. The Bertz CT molecular complexity index is 356. The van der Waals surface area contributed by atoms with E-state index in [-0.39, 0.29) is 12.6 Å². The second-order valence-corrected chi connectivity index (χ2v) is 4.34. The lowest BCUT2D eigenvalue weighted by Gasteiger charge is -2.36. The van der Waals surface area contributed by atoms with Crippen molar-refractivity contribution in [1.29, 1.82) is 0 Å². The van der Waals surface area contributed by atoms with Crippen LogP contribution in [-0.2, 0) is 4.74 Å². The summed E-state index contributed by atoms with van der Waals surface area (Å²) in [4.78, 5) is 2.04. The fourth-order valence-corrected chi connectivity index (χ4v) is 2.27. The number of para-hydroxylation sites is 1. The number of ether oxygens (including phenoxy) is 1. The normalized spacial score (nSPS) is 25.4. The molecule has 1 aliphatic rings. The van der Waals surface area contributed by atoms with Crippen molar-refractivity contribution in [2.75, 3.05) is 25.2 Å². The predicted molar refractivity (Wildman–Crippen MR) is 63.7 cm³/mol. The van der Waals surface area contributed by atoms with Crippen LogP contribution in [0.25, 0.3) is 0 Å². The van der Waals surface area contributed by atoms with Crippen LogP contribution < -0.4 is 4.90 Å². The van der Waals surface area contributed by atoms with Crippen molar-refractivity contribution in [2.24, 2.45) is 0 Å². The molecule has 0 N–H and O–H groups in total. The molecule has 3 heteroatoms. The summed E-state index contributed by atoms with van der Waals surface area (Å²) in [6.07, 6.45) is -0.134. The van der Waals surface area contributed by atoms with Gasteiger partial charge in [-0.25, -0.2) is 4.39 Å². The Balaban J connectivity index is 2.17. The highest BCUT2D eigenvalue weighted by Crippen LogP contribution is 2.25. The van der Waals surface area contributed by atoms with E-state index < -0.39 is 6.17 Å². The van der Waals surface area contributed by atoms with E-state index in [2.05, 4.69) is 13.0 Å². The lowest BCUT2D eigenvalue weighted by Crippen LogP contribution is -2.45. The van der Waals surface area contributed by atoms with Crippen LogP contribution in [0.4, 0.5) is 10.1 Å². The van der Waals surface area contributed by atoms with Crippen molar-refractivity contribution in [2.45, 2.75) is 25.6 Å². The highest BCUT2D eigenvalue weighted by molar-refractivity contribution is 5.53. The van der Waals surface area contributed by atoms with E-state index in [4.69, 9.17) is 4.74 Å². The Kier molecular flexibility index (Phi) is 3.44. The fraction of sp³-hybridized carbons (Fsp3) is 0.538. The van der Waals surface area contributed by atoms with Gasteiger partial charge in [-0.2, -0.15) is 0 Å². The molecule has 2 rings (SSSR count). The summed E-state index contributed by atoms with van der Waals surface area (Å²) in [5.74, 6) is 0. The molecule has 16 heavy (non-hydrogen) atoms. The van der Waals surface area contributed by atoms with Crippen LogP contribution in [0.2, 0.25) is 0 Å². The van der Waals surface area contributed by atoms with E-state index in [0.717, 1.165) is 12.1 Å². The molecule has 2 unspecified atom stereocenters. The van der Waals surface area contributed by atoms with Gasteiger partial charge in [0.25, 0.3) is 0 Å². The van der Waals surface area contributed by atoms with Crippen molar-refractivity contribution in [3.63, 3.8) is 0 Å². The quantitative estimate of drug-likeness (QED) is 0.764. The third-order valence-electron chi connectivity index (χ3n) is 3.25. The first kappa shape index (κ1) is 11.4. The Morgan fingerprint density at radius 2 is 2.12 bits per heavy atom. The lowest BCUT2D eigenvalue weighted by molar-refractivity contribution is 0.0226. The van der Waals surface area contributed by atoms with Gasteiger partial charge in [-0.05, 0) is 25.0 Å². The largest absolute Gasteiger partial charge is 0.378 e. The Hall–Kier alpha value is -1.09. The lowest BCUT2D eigenvalue weighted by atomic mass is 10.0. The fourth-order valence-electron chi connectivity index (χ4n) is 2.27. The summed E-state index contributed by atoms with van der Waals surface area (Å²) in [7, 11) is 1.96. The Morgan fingerprint density at radius 3 is 2.81 bits per heavy atom. The van der Waals surface area contributed by atoms with Crippen LogP contribution in [0.3, 0.4) is 0 Å². The monoisotopic (exact) mass is 223 g/mol. The highest BCUT2D eigenvalue weighted by Gasteiger charge is 2.29. The van der Waals surface area contributed by atoms with E-state index in [1.807, 2.05) is 30.1 Å². The topological polar surface area (TPSA) is 12.5 Å². The van der Waals surface area contributed by atoms with Crippen molar-refractivity contribution in [3.05, 3.63) is 29.8 Å². The van der Waals surface area contributed by atoms with Gasteiger partial charge in [0.1, 0.15) is 6.17 Å². The van der Waals surface area contributed by atoms with E-state index in [9.17, 15) is 4.39 Å². The first-order chi connectivity index (χ1) is 7.70. The van der Waals surface area contributed by atoms with E-state index in [1.165, 1.54) is 5.56 Å². The average molecular weight is 223 g/mol. The van der Waals surface area contributed by atoms with Crippen LogP contribution in [-0.4, -0.2) is 32.5 Å². The molecule has 0 saturated carbocycles. The van der Waals surface area contributed by atoms with Crippen LogP contribution in [0, 0.1) is 6.92 Å². The zero-order valence-corrected chi connectivity index (χ0v) is 9.82. The predicted octanol–water partition coefficient (Wildman–Crippen LogP) is 2.56. The highest BCUT2D eigenvalue weighted by atomic mass is 19.1. The van der Waals surface area contributed by atoms with Crippen LogP contribution >= 0.6 is 0 Å². The minimum atomic E-state index is -0.890. The minimum Gasteiger partial charge on any atom is -0.378 e. The van der Waals surface area contributed by atoms with Gasteiger partial charge in [-0.15, -0.1) is 0 Å². The van der Waals surface area contributed by atoms with Crippen molar-refractivity contribution >= 4 is 5.69 Å². The Labute approximate surface area is 96.0 Å². The third-order valence-corrected chi connectivity index (χ3v) is 3.25. The molecule has 0 aliphatic carbocycles. The molecule has 2 nitrogen and oxygen atoms in total. The summed E-state index contributed by atoms with van der Waals surface area (Å²) < 4.78 is 18.9. The van der Waals surface area contributed by atoms with E-state index in [0.29, 0.717) is 6.61 Å². The van der Waals surface area contributed by atoms with E-state index >= 15 is 0 Å². The minimum absolute atomic E-state index is 0.0603. The van der Waals surface area contributed by atoms with Gasteiger partial charge in [0.15, 0.2) is 0 Å². The molecule has 2 atom stereocenters. The SMILES string of the molecule is Cc1ccccc1N(C)C1CCOCC1F. The summed E-state index contributed by atoms with van der Waals surface area (Å²) >= 11 is 0. The number of anilines is 1. The maximum Gasteiger partial charge on any atom is 0.144 e. The number of nitrogens with zero attached hydrogens (tertiary/aromatic N) is 1. The number of alkyl halides is 1. The first-order valence-electron chi connectivity index (χ1n) is 5.70. The third kappa shape index (κ3) is 2.19. The molecule has 1 aromatic carbocycles. The molecule has 1 heterocycles. The summed E-state index contributed by atoms with van der Waals surface area (Å²) in [5, 5.41) is 0. The summed E-state index contributed by atoms with van der Waals surface area (Å²) in [6.45, 7) is 2.93. The Morgan fingerprint density at radius 1 is 1.38 bits per heavy atom. The number of hydrogen-bond acceptors (Lipinski definition) is 2. The van der Waals surface area contributed by atoms with Crippen LogP contribution in [0.1, 0.15) is 12.0 Å². The molecule has 88 valence electrons. The van der Waals surface area contributed by atoms with Crippen LogP contribution in [0.5, 0.6) is 0 Å². The molecule has 0 radical (unpaired) electrons. The van der Waals surface area contributed by atoms with Crippen molar-refractivity contribution in [3.8, 4) is 0 Å². The smallest absolute Gasteiger partial charge is 0.144 e. The zero-order valence-electron chi connectivity index (χ0n) is 9.82. The summed E-state index contributed by atoms with van der Waals surface area (Å²) in [6, 6.07) is 8.03. The second-order valence-electron chi connectivity index (χ2n) is 4.34.